The molecule has 0 aromatic rings. The predicted molar refractivity (Wildman–Crippen MR) is 62.5 cm³/mol. The fourth-order valence-electron chi connectivity index (χ4n) is 1.36. The normalized spacial score (nSPS) is 15.7. The van der Waals surface area contributed by atoms with Gasteiger partial charge in [0.25, 0.3) is 11.8 Å². The summed E-state index contributed by atoms with van der Waals surface area (Å²) >= 11 is 0. The topological polar surface area (TPSA) is 58.2 Å². The first-order valence-corrected chi connectivity index (χ1v) is 6.68. The summed E-state index contributed by atoms with van der Waals surface area (Å²) in [6.45, 7) is -1.19. The summed E-state index contributed by atoms with van der Waals surface area (Å²) in [7, 11) is 0. The van der Waals surface area contributed by atoms with Crippen LogP contribution < -0.4 is 10.6 Å². The number of halogens is 14. The first-order chi connectivity index (χ1) is 12.4. The van der Waals surface area contributed by atoms with Crippen LogP contribution in [0, 0.1) is 0 Å². The molecular formula is C11H8F14N2O2. The van der Waals surface area contributed by atoms with Crippen LogP contribution in [0.5, 0.6) is 0 Å². The molecule has 0 aliphatic carbocycles. The zero-order valence-corrected chi connectivity index (χ0v) is 13.4. The lowest BCUT2D eigenvalue weighted by molar-refractivity contribution is -0.344. The molecule has 0 radical (unpaired) electrons. The van der Waals surface area contributed by atoms with Gasteiger partial charge in [0.1, 0.15) is 0 Å². The molecular weight excluding hydrogens is 458 g/mol. The fourth-order valence-corrected chi connectivity index (χ4v) is 1.36. The van der Waals surface area contributed by atoms with E-state index in [9.17, 15) is 71.1 Å². The highest BCUT2D eigenvalue weighted by atomic mass is 19.4. The summed E-state index contributed by atoms with van der Waals surface area (Å²) < 4.78 is 174. The summed E-state index contributed by atoms with van der Waals surface area (Å²) in [6, 6.07) is -2.18. The van der Waals surface area contributed by atoms with Crippen LogP contribution in [0.2, 0.25) is 0 Å². The minimum atomic E-state index is -6.89. The van der Waals surface area contributed by atoms with Gasteiger partial charge in [-0.3, -0.25) is 9.59 Å². The Morgan fingerprint density at radius 2 is 0.966 bits per heavy atom. The van der Waals surface area contributed by atoms with Gasteiger partial charge in [0.15, 0.2) is 0 Å². The Morgan fingerprint density at radius 3 is 1.28 bits per heavy atom. The molecule has 0 aliphatic rings. The monoisotopic (exact) mass is 466 g/mol. The Labute approximate surface area is 150 Å². The van der Waals surface area contributed by atoms with Crippen LogP contribution in [0.3, 0.4) is 0 Å². The number of hydrogen-bond acceptors (Lipinski definition) is 2. The molecule has 0 aromatic heterocycles. The van der Waals surface area contributed by atoms with Crippen LogP contribution >= 0.6 is 0 Å². The number of nitrogens with one attached hydrogen (secondary N) is 2. The number of carbonyl (C=O) groups excluding carboxylic acids is 2. The van der Waals surface area contributed by atoms with Gasteiger partial charge in [-0.05, 0) is 6.92 Å². The summed E-state index contributed by atoms with van der Waals surface area (Å²) in [4.78, 5) is 21.8. The van der Waals surface area contributed by atoms with Crippen molar-refractivity contribution in [3.05, 3.63) is 0 Å². The van der Waals surface area contributed by atoms with Crippen LogP contribution in [-0.4, -0.2) is 60.4 Å². The summed E-state index contributed by atoms with van der Waals surface area (Å²) in [5, 5.41) is 1.42. The molecule has 0 spiro atoms. The minimum absolute atomic E-state index is 0.431. The van der Waals surface area contributed by atoms with Crippen molar-refractivity contribution in [1.29, 1.82) is 0 Å². The third kappa shape index (κ3) is 4.93. The van der Waals surface area contributed by atoms with Crippen molar-refractivity contribution in [1.82, 2.24) is 10.6 Å². The Bertz CT molecular complexity index is 624. The van der Waals surface area contributed by atoms with E-state index in [0.29, 0.717) is 12.2 Å². The highest BCUT2D eigenvalue weighted by molar-refractivity contribution is 5.86. The lowest BCUT2D eigenvalue weighted by Crippen LogP contribution is -2.62. The van der Waals surface area contributed by atoms with E-state index in [0.717, 1.165) is 5.32 Å². The second-order valence-corrected chi connectivity index (χ2v) is 5.38. The Kier molecular flexibility index (Phi) is 7.12. The van der Waals surface area contributed by atoms with Gasteiger partial charge in [0.2, 0.25) is 0 Å². The van der Waals surface area contributed by atoms with Crippen LogP contribution in [0.4, 0.5) is 61.5 Å². The number of amides is 2. The zero-order valence-electron chi connectivity index (χ0n) is 13.4. The van der Waals surface area contributed by atoms with E-state index in [4.69, 9.17) is 0 Å². The third-order valence-electron chi connectivity index (χ3n) is 3.02. The number of alkyl halides is 14. The quantitative estimate of drug-likeness (QED) is 0.567. The van der Waals surface area contributed by atoms with Crippen LogP contribution in [-0.2, 0) is 9.59 Å². The van der Waals surface area contributed by atoms with E-state index >= 15 is 0 Å². The molecule has 172 valence electrons. The molecule has 0 saturated carbocycles. The second kappa shape index (κ2) is 7.66. The van der Waals surface area contributed by atoms with E-state index in [-0.39, 0.29) is 0 Å². The molecule has 0 unspecified atom stereocenters. The predicted octanol–water partition coefficient (Wildman–Crippen LogP) is 3.27. The van der Waals surface area contributed by atoms with E-state index in [1.165, 1.54) is 0 Å². The van der Waals surface area contributed by atoms with Gasteiger partial charge in [-0.2, -0.15) is 61.5 Å². The average molecular weight is 466 g/mol. The van der Waals surface area contributed by atoms with Crippen LogP contribution in [0.25, 0.3) is 0 Å². The molecule has 29 heavy (non-hydrogen) atoms. The highest BCUT2D eigenvalue weighted by Crippen LogP contribution is 2.47. The van der Waals surface area contributed by atoms with Gasteiger partial charge in [-0.15, -0.1) is 0 Å². The SMILES string of the molecule is C[C@H](CNC(=O)C(F)(F)C(F)(F)C(F)(F)F)NC(=O)C(F)(F)C(F)(F)C(F)(F)F. The Hall–Kier alpha value is -2.04. The number of hydrogen-bond donors (Lipinski definition) is 2. The van der Waals surface area contributed by atoms with Gasteiger partial charge in [0, 0.05) is 12.6 Å². The molecule has 0 bridgehead atoms. The van der Waals surface area contributed by atoms with E-state index in [1.54, 1.807) is 0 Å². The average Bonchev–Trinajstić information content (AvgIpc) is 2.49. The molecule has 0 aliphatic heterocycles. The van der Waals surface area contributed by atoms with Crippen molar-refractivity contribution in [2.24, 2.45) is 0 Å². The van der Waals surface area contributed by atoms with E-state index in [1.807, 2.05) is 0 Å². The van der Waals surface area contributed by atoms with Crippen LogP contribution in [0.15, 0.2) is 0 Å². The summed E-state index contributed by atoms with van der Waals surface area (Å²) in [5.74, 6) is -33.2. The van der Waals surface area contributed by atoms with Crippen molar-refractivity contribution in [2.75, 3.05) is 6.54 Å². The maximum Gasteiger partial charge on any atom is 0.460 e. The first-order valence-electron chi connectivity index (χ1n) is 6.68. The van der Waals surface area contributed by atoms with Gasteiger partial charge < -0.3 is 10.6 Å². The van der Waals surface area contributed by atoms with Gasteiger partial charge in [0.05, 0.1) is 0 Å². The van der Waals surface area contributed by atoms with Gasteiger partial charge in [-0.25, -0.2) is 0 Å². The Morgan fingerprint density at radius 1 is 0.655 bits per heavy atom. The fraction of sp³-hybridized carbons (Fsp3) is 0.818. The zero-order chi connectivity index (χ0) is 23.9. The van der Waals surface area contributed by atoms with E-state index in [2.05, 4.69) is 0 Å². The van der Waals surface area contributed by atoms with Crippen molar-refractivity contribution in [2.45, 2.75) is 49.0 Å². The smallest absolute Gasteiger partial charge is 0.349 e. The van der Waals surface area contributed by atoms with Crippen molar-refractivity contribution >= 4 is 11.8 Å². The molecule has 0 rings (SSSR count). The minimum Gasteiger partial charge on any atom is -0.349 e. The molecule has 0 aromatic carbocycles. The van der Waals surface area contributed by atoms with Crippen LogP contribution in [0.1, 0.15) is 6.92 Å². The third-order valence-corrected chi connectivity index (χ3v) is 3.02. The molecule has 1 atom stereocenters. The summed E-state index contributed by atoms with van der Waals surface area (Å²) in [6.07, 6.45) is -13.8. The highest BCUT2D eigenvalue weighted by Gasteiger charge is 2.77. The molecule has 4 nitrogen and oxygen atoms in total. The molecule has 18 heteroatoms. The first kappa shape index (κ1) is 27.0. The maximum atomic E-state index is 13.0. The molecule has 0 saturated heterocycles. The largest absolute Gasteiger partial charge is 0.460 e. The molecule has 2 amide bonds. The van der Waals surface area contributed by atoms with Gasteiger partial charge >= 0.3 is 36.0 Å². The Balaban J connectivity index is 5.17. The van der Waals surface area contributed by atoms with Crippen molar-refractivity contribution < 1.29 is 71.1 Å². The van der Waals surface area contributed by atoms with Gasteiger partial charge in [-0.1, -0.05) is 0 Å². The molecule has 2 N–H and O–H groups in total. The molecule has 0 fully saturated rings. The molecule has 0 heterocycles. The van der Waals surface area contributed by atoms with E-state index < -0.39 is 60.4 Å². The van der Waals surface area contributed by atoms with Crippen molar-refractivity contribution in [3.8, 4) is 0 Å². The number of rotatable bonds is 7. The number of carbonyl (C=O) groups is 2. The lowest BCUT2D eigenvalue weighted by atomic mass is 10.1. The second-order valence-electron chi connectivity index (χ2n) is 5.38. The van der Waals surface area contributed by atoms with Crippen molar-refractivity contribution in [3.63, 3.8) is 0 Å². The summed E-state index contributed by atoms with van der Waals surface area (Å²) in [5.41, 5.74) is 0. The maximum absolute atomic E-state index is 13.0. The standard InChI is InChI=1S/C11H8F14N2O2/c1-3(27-5(29)7(14,15)9(18,19)11(23,24)25)2-26-4(28)6(12,13)8(16,17)10(20,21)22/h3H,2H2,1H3,(H,26,28)(H,27,29)/t3-/m1/s1. The lowest BCUT2D eigenvalue weighted by Gasteiger charge is -2.29.